The molecular formula is C17H26N6. The second-order valence-electron chi connectivity index (χ2n) is 6.34. The van der Waals surface area contributed by atoms with E-state index in [0.29, 0.717) is 11.9 Å². The molecule has 1 heterocycles. The maximum Gasteiger partial charge on any atom is 0.220 e. The molecule has 0 radical (unpaired) electrons. The van der Waals surface area contributed by atoms with Crippen molar-refractivity contribution in [3.8, 4) is 0 Å². The van der Waals surface area contributed by atoms with Gasteiger partial charge in [-0.2, -0.15) is 4.99 Å². The monoisotopic (exact) mass is 314 g/mol. The Morgan fingerprint density at radius 2 is 1.83 bits per heavy atom. The van der Waals surface area contributed by atoms with E-state index in [-0.39, 0.29) is 5.66 Å². The summed E-state index contributed by atoms with van der Waals surface area (Å²) in [7, 11) is 1.97. The Morgan fingerprint density at radius 3 is 2.48 bits per heavy atom. The average molecular weight is 314 g/mol. The van der Waals surface area contributed by atoms with Crippen LogP contribution in [0.15, 0.2) is 34.3 Å². The molecule has 0 saturated heterocycles. The minimum atomic E-state index is -0.360. The zero-order chi connectivity index (χ0) is 16.3. The van der Waals surface area contributed by atoms with Crippen molar-refractivity contribution >= 4 is 17.6 Å². The van der Waals surface area contributed by atoms with E-state index in [1.807, 2.05) is 7.05 Å². The zero-order valence-corrected chi connectivity index (χ0v) is 13.8. The Bertz CT molecular complexity index is 598. The highest BCUT2D eigenvalue weighted by molar-refractivity contribution is 6.05. The predicted molar refractivity (Wildman–Crippen MR) is 95.6 cm³/mol. The van der Waals surface area contributed by atoms with Gasteiger partial charge in [0.25, 0.3) is 0 Å². The fourth-order valence-corrected chi connectivity index (χ4v) is 3.58. The van der Waals surface area contributed by atoms with Crippen LogP contribution < -0.4 is 21.7 Å². The highest BCUT2D eigenvalue weighted by Gasteiger charge is 2.42. The van der Waals surface area contributed by atoms with Gasteiger partial charge in [0.2, 0.25) is 11.9 Å². The first-order valence-corrected chi connectivity index (χ1v) is 8.38. The number of hydrogen-bond acceptors (Lipinski definition) is 6. The minimum absolute atomic E-state index is 0.297. The number of rotatable bonds is 4. The van der Waals surface area contributed by atoms with Gasteiger partial charge < -0.3 is 16.8 Å². The molecule has 1 aromatic carbocycles. The lowest BCUT2D eigenvalue weighted by molar-refractivity contribution is 0.305. The molecule has 1 aliphatic heterocycles. The molecule has 6 nitrogen and oxygen atoms in total. The summed E-state index contributed by atoms with van der Waals surface area (Å²) in [5, 5.41) is 3.17. The molecule has 1 fully saturated rings. The largest absolute Gasteiger partial charge is 0.369 e. The standard InChI is InChI=1S/C17H26N6/c1-20-12-9-13-5-7-14(8-6-13)23-16(19)21-15(18)22-17(23)10-3-2-4-11-17/h5-8,20H,2-4,9-12H2,1H3,(H4,18,19,21,22). The zero-order valence-electron chi connectivity index (χ0n) is 13.8. The molecule has 0 atom stereocenters. The second-order valence-corrected chi connectivity index (χ2v) is 6.34. The van der Waals surface area contributed by atoms with E-state index >= 15 is 0 Å². The molecule has 23 heavy (non-hydrogen) atoms. The number of nitrogens with two attached hydrogens (primary N) is 2. The normalized spacial score (nSPS) is 20.3. The summed E-state index contributed by atoms with van der Waals surface area (Å²) in [6, 6.07) is 8.53. The predicted octanol–water partition coefficient (Wildman–Crippen LogP) is 1.56. The number of anilines is 1. The molecule has 0 unspecified atom stereocenters. The van der Waals surface area contributed by atoms with Crippen LogP contribution in [0.3, 0.4) is 0 Å². The number of benzene rings is 1. The number of nitrogens with one attached hydrogen (secondary N) is 1. The van der Waals surface area contributed by atoms with E-state index in [2.05, 4.69) is 39.5 Å². The molecule has 1 aliphatic carbocycles. The number of nitrogens with zero attached hydrogens (tertiary/aromatic N) is 3. The van der Waals surface area contributed by atoms with E-state index < -0.39 is 0 Å². The van der Waals surface area contributed by atoms with Gasteiger partial charge in [0.05, 0.1) is 0 Å². The molecule has 0 aromatic heterocycles. The summed E-state index contributed by atoms with van der Waals surface area (Å²) in [5.74, 6) is 0.744. The summed E-state index contributed by atoms with van der Waals surface area (Å²) in [6.45, 7) is 0.970. The molecule has 0 bridgehead atoms. The highest BCUT2D eigenvalue weighted by Crippen LogP contribution is 2.39. The van der Waals surface area contributed by atoms with Crippen LogP contribution in [0.2, 0.25) is 0 Å². The van der Waals surface area contributed by atoms with Crippen molar-refractivity contribution in [1.29, 1.82) is 0 Å². The summed E-state index contributed by atoms with van der Waals surface area (Å²) < 4.78 is 0. The lowest BCUT2D eigenvalue weighted by Gasteiger charge is -2.45. The van der Waals surface area contributed by atoms with Crippen LogP contribution in [0.4, 0.5) is 5.69 Å². The van der Waals surface area contributed by atoms with Crippen molar-refractivity contribution < 1.29 is 0 Å². The number of hydrogen-bond donors (Lipinski definition) is 3. The van der Waals surface area contributed by atoms with Gasteiger partial charge in [-0.3, -0.25) is 4.90 Å². The van der Waals surface area contributed by atoms with Gasteiger partial charge in [0.1, 0.15) is 5.66 Å². The van der Waals surface area contributed by atoms with Crippen LogP contribution in [0.1, 0.15) is 37.7 Å². The van der Waals surface area contributed by atoms with Crippen LogP contribution in [-0.4, -0.2) is 31.2 Å². The SMILES string of the molecule is CNCCc1ccc(N2C(N)=NC(N)=NC23CCCCC3)cc1. The lowest BCUT2D eigenvalue weighted by Crippen LogP contribution is -2.58. The number of aliphatic imine (C=N–C) groups is 2. The minimum Gasteiger partial charge on any atom is -0.369 e. The van der Waals surface area contributed by atoms with Gasteiger partial charge in [-0.05, 0) is 63.4 Å². The van der Waals surface area contributed by atoms with Gasteiger partial charge in [-0.1, -0.05) is 18.6 Å². The van der Waals surface area contributed by atoms with Crippen molar-refractivity contribution in [2.45, 2.75) is 44.2 Å². The number of likely N-dealkylation sites (N-methyl/N-ethyl adjacent to an activating group) is 1. The van der Waals surface area contributed by atoms with Crippen LogP contribution in [0, 0.1) is 0 Å². The second kappa shape index (κ2) is 6.58. The molecule has 124 valence electrons. The summed E-state index contributed by atoms with van der Waals surface area (Å²) in [4.78, 5) is 11.0. The molecule has 2 aliphatic rings. The third-order valence-corrected chi connectivity index (χ3v) is 4.71. The van der Waals surface area contributed by atoms with Gasteiger partial charge in [0.15, 0.2) is 0 Å². The van der Waals surface area contributed by atoms with E-state index in [0.717, 1.165) is 44.3 Å². The van der Waals surface area contributed by atoms with Crippen LogP contribution in [0.25, 0.3) is 0 Å². The van der Waals surface area contributed by atoms with Crippen molar-refractivity contribution in [3.05, 3.63) is 29.8 Å². The molecule has 1 saturated carbocycles. The van der Waals surface area contributed by atoms with Crippen molar-refractivity contribution in [1.82, 2.24) is 5.32 Å². The van der Waals surface area contributed by atoms with Crippen molar-refractivity contribution in [3.63, 3.8) is 0 Å². The maximum absolute atomic E-state index is 6.23. The quantitative estimate of drug-likeness (QED) is 0.786. The Morgan fingerprint density at radius 1 is 1.13 bits per heavy atom. The van der Waals surface area contributed by atoms with Gasteiger partial charge in [-0.25, -0.2) is 4.99 Å². The fraction of sp³-hybridized carbons (Fsp3) is 0.529. The topological polar surface area (TPSA) is 92.0 Å². The van der Waals surface area contributed by atoms with Crippen molar-refractivity contribution in [2.75, 3.05) is 18.5 Å². The highest BCUT2D eigenvalue weighted by atomic mass is 15.4. The average Bonchev–Trinajstić information content (AvgIpc) is 2.54. The summed E-state index contributed by atoms with van der Waals surface area (Å²) >= 11 is 0. The number of guanidine groups is 2. The summed E-state index contributed by atoms with van der Waals surface area (Å²) in [6.07, 6.45) is 6.46. The third-order valence-electron chi connectivity index (χ3n) is 4.71. The summed E-state index contributed by atoms with van der Waals surface area (Å²) in [5.41, 5.74) is 14.1. The molecule has 3 rings (SSSR count). The molecule has 6 heteroatoms. The first-order valence-electron chi connectivity index (χ1n) is 8.38. The maximum atomic E-state index is 6.23. The van der Waals surface area contributed by atoms with Crippen LogP contribution >= 0.6 is 0 Å². The van der Waals surface area contributed by atoms with Crippen LogP contribution in [-0.2, 0) is 6.42 Å². The van der Waals surface area contributed by atoms with Crippen LogP contribution in [0.5, 0.6) is 0 Å². The molecule has 1 aromatic rings. The smallest absolute Gasteiger partial charge is 0.220 e. The Balaban J connectivity index is 1.90. The molecule has 5 N–H and O–H groups in total. The van der Waals surface area contributed by atoms with Gasteiger partial charge in [0, 0.05) is 5.69 Å². The Labute approximate surface area is 137 Å². The van der Waals surface area contributed by atoms with E-state index in [1.54, 1.807) is 0 Å². The fourth-order valence-electron chi connectivity index (χ4n) is 3.58. The first kappa shape index (κ1) is 15.8. The molecule has 1 spiro atoms. The lowest BCUT2D eigenvalue weighted by atomic mass is 9.87. The van der Waals surface area contributed by atoms with Gasteiger partial charge in [-0.15, -0.1) is 0 Å². The van der Waals surface area contributed by atoms with E-state index in [4.69, 9.17) is 16.5 Å². The third kappa shape index (κ3) is 3.17. The van der Waals surface area contributed by atoms with Crippen molar-refractivity contribution in [2.24, 2.45) is 21.5 Å². The Kier molecular flexibility index (Phi) is 4.52. The molecular weight excluding hydrogens is 288 g/mol. The first-order chi connectivity index (χ1) is 11.1. The van der Waals surface area contributed by atoms with E-state index in [1.165, 1.54) is 12.0 Å². The van der Waals surface area contributed by atoms with Gasteiger partial charge >= 0.3 is 0 Å². The molecule has 0 amide bonds. The Hall–Kier alpha value is -2.08. The van der Waals surface area contributed by atoms with E-state index in [9.17, 15) is 0 Å².